The van der Waals surface area contributed by atoms with Gasteiger partial charge < -0.3 is 19.5 Å². The third-order valence-electron chi connectivity index (χ3n) is 4.61. The lowest BCUT2D eigenvalue weighted by molar-refractivity contribution is -0.121. The molecule has 0 saturated heterocycles. The smallest absolute Gasteiger partial charge is 0.220 e. The van der Waals surface area contributed by atoms with E-state index in [-0.39, 0.29) is 5.91 Å². The number of nitrogens with one attached hydrogen (secondary N) is 1. The molecule has 3 rings (SSSR count). The summed E-state index contributed by atoms with van der Waals surface area (Å²) < 4.78 is 16.4. The Morgan fingerprint density at radius 1 is 0.967 bits per heavy atom. The zero-order chi connectivity index (χ0) is 21.2. The summed E-state index contributed by atoms with van der Waals surface area (Å²) in [6, 6.07) is 19.0. The first kappa shape index (κ1) is 21.2. The van der Waals surface area contributed by atoms with Gasteiger partial charge in [0.2, 0.25) is 5.91 Å². The van der Waals surface area contributed by atoms with Crippen LogP contribution in [0.3, 0.4) is 0 Å². The van der Waals surface area contributed by atoms with Crippen LogP contribution in [0.25, 0.3) is 0 Å². The van der Waals surface area contributed by atoms with Gasteiger partial charge in [0.05, 0.1) is 19.9 Å². The molecule has 0 aliphatic heterocycles. The van der Waals surface area contributed by atoms with Crippen LogP contribution in [-0.2, 0) is 24.4 Å². The minimum atomic E-state index is -0.0281. The van der Waals surface area contributed by atoms with Crippen LogP contribution in [-0.4, -0.2) is 25.1 Å². The molecule has 156 valence electrons. The Balaban J connectivity index is 1.49. The minimum Gasteiger partial charge on any atom is -0.497 e. The summed E-state index contributed by atoms with van der Waals surface area (Å²) in [5.74, 6) is 2.21. The van der Waals surface area contributed by atoms with Gasteiger partial charge in [-0.3, -0.25) is 9.78 Å². The molecule has 1 aromatic heterocycles. The molecule has 1 amide bonds. The van der Waals surface area contributed by atoms with E-state index in [4.69, 9.17) is 14.2 Å². The molecule has 0 spiro atoms. The molecule has 2 aromatic carbocycles. The van der Waals surface area contributed by atoms with Crippen molar-refractivity contribution in [3.8, 4) is 17.2 Å². The molecule has 0 atom stereocenters. The summed E-state index contributed by atoms with van der Waals surface area (Å²) in [5, 5.41) is 2.96. The Labute approximate surface area is 176 Å². The number of amides is 1. The minimum absolute atomic E-state index is 0.0281. The highest BCUT2D eigenvalue weighted by Gasteiger charge is 2.09. The highest BCUT2D eigenvalue weighted by Crippen LogP contribution is 2.25. The molecule has 6 heteroatoms. The lowest BCUT2D eigenvalue weighted by atomic mass is 10.1. The summed E-state index contributed by atoms with van der Waals surface area (Å²) in [6.45, 7) is 0.841. The Kier molecular flexibility index (Phi) is 7.66. The lowest BCUT2D eigenvalue weighted by Crippen LogP contribution is -2.23. The van der Waals surface area contributed by atoms with Crippen molar-refractivity contribution in [1.82, 2.24) is 10.3 Å². The van der Waals surface area contributed by atoms with Gasteiger partial charge in [-0.2, -0.15) is 0 Å². The summed E-state index contributed by atoms with van der Waals surface area (Å²) >= 11 is 0. The van der Waals surface area contributed by atoms with Gasteiger partial charge >= 0.3 is 0 Å². The molecule has 30 heavy (non-hydrogen) atoms. The van der Waals surface area contributed by atoms with Gasteiger partial charge in [-0.05, 0) is 60.0 Å². The Hall–Kier alpha value is -3.54. The van der Waals surface area contributed by atoms with Gasteiger partial charge in [-0.15, -0.1) is 0 Å². The van der Waals surface area contributed by atoms with Crippen molar-refractivity contribution in [3.63, 3.8) is 0 Å². The summed E-state index contributed by atoms with van der Waals surface area (Å²) in [5.41, 5.74) is 2.78. The standard InChI is InChI=1S/C24H26N2O4/c1-28-21-10-11-23(29-2)19(15-21)9-12-24(27)26-16-18-6-5-8-22(14-18)30-17-20-7-3-4-13-25-20/h3-8,10-11,13-15H,9,12,16-17H2,1-2H3,(H,26,27). The number of hydrogen-bond acceptors (Lipinski definition) is 5. The summed E-state index contributed by atoms with van der Waals surface area (Å²) in [6.07, 6.45) is 2.67. The molecule has 0 bridgehead atoms. The van der Waals surface area contributed by atoms with Crippen LogP contribution in [0.1, 0.15) is 23.2 Å². The number of aryl methyl sites for hydroxylation is 1. The Morgan fingerprint density at radius 2 is 1.87 bits per heavy atom. The van der Waals surface area contributed by atoms with Gasteiger partial charge in [0.15, 0.2) is 0 Å². The number of nitrogens with zero attached hydrogens (tertiary/aromatic N) is 1. The van der Waals surface area contributed by atoms with E-state index in [2.05, 4.69) is 10.3 Å². The second kappa shape index (κ2) is 10.9. The van der Waals surface area contributed by atoms with Gasteiger partial charge in [-0.1, -0.05) is 18.2 Å². The average molecular weight is 406 g/mol. The van der Waals surface area contributed by atoms with Crippen LogP contribution in [0, 0.1) is 0 Å². The topological polar surface area (TPSA) is 69.7 Å². The predicted molar refractivity (Wildman–Crippen MR) is 115 cm³/mol. The highest BCUT2D eigenvalue weighted by molar-refractivity contribution is 5.76. The molecule has 1 N–H and O–H groups in total. The first-order valence-corrected chi connectivity index (χ1v) is 9.77. The monoisotopic (exact) mass is 406 g/mol. The van der Waals surface area contributed by atoms with E-state index in [1.54, 1.807) is 20.4 Å². The van der Waals surface area contributed by atoms with E-state index in [9.17, 15) is 4.79 Å². The molecule has 0 fully saturated rings. The van der Waals surface area contributed by atoms with E-state index >= 15 is 0 Å². The van der Waals surface area contributed by atoms with Crippen LogP contribution in [0.15, 0.2) is 66.9 Å². The van der Waals surface area contributed by atoms with Crippen LogP contribution in [0.5, 0.6) is 17.2 Å². The third-order valence-corrected chi connectivity index (χ3v) is 4.61. The largest absolute Gasteiger partial charge is 0.497 e. The fourth-order valence-electron chi connectivity index (χ4n) is 3.00. The molecular weight excluding hydrogens is 380 g/mol. The van der Waals surface area contributed by atoms with E-state index in [0.717, 1.165) is 34.1 Å². The fourth-order valence-corrected chi connectivity index (χ4v) is 3.00. The van der Waals surface area contributed by atoms with Crippen molar-refractivity contribution >= 4 is 5.91 Å². The van der Waals surface area contributed by atoms with E-state index in [1.165, 1.54) is 0 Å². The normalized spacial score (nSPS) is 10.3. The average Bonchev–Trinajstić information content (AvgIpc) is 2.80. The number of carbonyl (C=O) groups excluding carboxylic acids is 1. The van der Waals surface area contributed by atoms with Crippen LogP contribution < -0.4 is 19.5 Å². The van der Waals surface area contributed by atoms with Gasteiger partial charge in [-0.25, -0.2) is 0 Å². The van der Waals surface area contributed by atoms with Crippen molar-refractivity contribution < 1.29 is 19.0 Å². The van der Waals surface area contributed by atoms with Crippen molar-refractivity contribution in [1.29, 1.82) is 0 Å². The molecule has 1 heterocycles. The number of hydrogen-bond donors (Lipinski definition) is 1. The molecule has 0 aliphatic carbocycles. The molecule has 0 unspecified atom stereocenters. The van der Waals surface area contributed by atoms with Gasteiger partial charge in [0.1, 0.15) is 23.9 Å². The maximum atomic E-state index is 12.3. The number of methoxy groups -OCH3 is 2. The second-order valence-electron chi connectivity index (χ2n) is 6.71. The third kappa shape index (κ3) is 6.24. The zero-order valence-electron chi connectivity index (χ0n) is 17.3. The number of aromatic nitrogens is 1. The first-order chi connectivity index (χ1) is 14.7. The quantitative estimate of drug-likeness (QED) is 0.553. The summed E-state index contributed by atoms with van der Waals surface area (Å²) in [7, 11) is 3.24. The first-order valence-electron chi connectivity index (χ1n) is 9.77. The van der Waals surface area contributed by atoms with Crippen LogP contribution >= 0.6 is 0 Å². The predicted octanol–water partition coefficient (Wildman–Crippen LogP) is 3.93. The maximum absolute atomic E-state index is 12.3. The summed E-state index contributed by atoms with van der Waals surface area (Å²) in [4.78, 5) is 16.6. The Bertz CT molecular complexity index is 960. The number of rotatable bonds is 10. The second-order valence-corrected chi connectivity index (χ2v) is 6.71. The number of carbonyl (C=O) groups is 1. The van der Waals surface area contributed by atoms with E-state index < -0.39 is 0 Å². The molecule has 0 aliphatic rings. The Morgan fingerprint density at radius 3 is 2.63 bits per heavy atom. The lowest BCUT2D eigenvalue weighted by Gasteiger charge is -2.11. The van der Waals surface area contributed by atoms with Crippen molar-refractivity contribution in [2.45, 2.75) is 26.0 Å². The number of benzene rings is 2. The maximum Gasteiger partial charge on any atom is 0.220 e. The zero-order valence-corrected chi connectivity index (χ0v) is 17.3. The van der Waals surface area contributed by atoms with Crippen LogP contribution in [0.4, 0.5) is 0 Å². The van der Waals surface area contributed by atoms with Crippen molar-refractivity contribution in [3.05, 3.63) is 83.7 Å². The molecule has 0 radical (unpaired) electrons. The van der Waals surface area contributed by atoms with Gasteiger partial charge in [0, 0.05) is 19.2 Å². The van der Waals surface area contributed by atoms with Crippen LogP contribution in [0.2, 0.25) is 0 Å². The molecule has 0 saturated carbocycles. The molecular formula is C24H26N2O4. The number of pyridine rings is 1. The molecule has 3 aromatic rings. The number of ether oxygens (including phenoxy) is 3. The van der Waals surface area contributed by atoms with Crippen molar-refractivity contribution in [2.24, 2.45) is 0 Å². The van der Waals surface area contributed by atoms with Crippen molar-refractivity contribution in [2.75, 3.05) is 14.2 Å². The van der Waals surface area contributed by atoms with E-state index in [1.807, 2.05) is 60.7 Å². The van der Waals surface area contributed by atoms with E-state index in [0.29, 0.717) is 26.0 Å². The highest BCUT2D eigenvalue weighted by atomic mass is 16.5. The van der Waals surface area contributed by atoms with Gasteiger partial charge in [0.25, 0.3) is 0 Å². The SMILES string of the molecule is COc1ccc(OC)c(CCC(=O)NCc2cccc(OCc3ccccn3)c2)c1. The molecule has 6 nitrogen and oxygen atoms in total. The fraction of sp³-hybridized carbons (Fsp3) is 0.250.